The van der Waals surface area contributed by atoms with E-state index in [0.29, 0.717) is 5.92 Å². The maximum atomic E-state index is 10.8. The fourth-order valence-corrected chi connectivity index (χ4v) is 1.45. The van der Waals surface area contributed by atoms with Crippen molar-refractivity contribution in [3.63, 3.8) is 0 Å². The highest BCUT2D eigenvalue weighted by molar-refractivity contribution is 5.79. The molecule has 1 rings (SSSR count). The summed E-state index contributed by atoms with van der Waals surface area (Å²) in [5.41, 5.74) is 3.05. The minimum Gasteiger partial charge on any atom is -0.378 e. The Morgan fingerprint density at radius 3 is 2.36 bits per heavy atom. The first-order valence-corrected chi connectivity index (χ1v) is 4.82. The number of carbonyl (C=O) groups is 1. The van der Waals surface area contributed by atoms with Gasteiger partial charge in [0.25, 0.3) is 0 Å². The lowest BCUT2D eigenvalue weighted by molar-refractivity contribution is 0.112. The molecule has 0 unspecified atom stereocenters. The van der Waals surface area contributed by atoms with Crippen molar-refractivity contribution in [3.05, 3.63) is 29.3 Å². The molecule has 0 saturated heterocycles. The molecule has 0 heterocycles. The van der Waals surface area contributed by atoms with Crippen LogP contribution in [0.1, 0.15) is 35.7 Å². The van der Waals surface area contributed by atoms with Gasteiger partial charge in [-0.25, -0.2) is 0 Å². The zero-order valence-corrected chi connectivity index (χ0v) is 9.24. The Morgan fingerprint density at radius 2 is 1.93 bits per heavy atom. The third-order valence-electron chi connectivity index (χ3n) is 2.34. The Hall–Kier alpha value is -1.31. The first kappa shape index (κ1) is 10.8. The maximum Gasteiger partial charge on any atom is 0.150 e. The first-order valence-electron chi connectivity index (χ1n) is 4.82. The normalized spacial score (nSPS) is 10.4. The van der Waals surface area contributed by atoms with E-state index in [2.05, 4.69) is 19.9 Å². The SMILES string of the molecule is CC(C)c1cc(N(C)C)ccc1C=O. The minimum atomic E-state index is 0.384. The van der Waals surface area contributed by atoms with E-state index in [1.165, 1.54) is 0 Å². The van der Waals surface area contributed by atoms with Gasteiger partial charge in [0.2, 0.25) is 0 Å². The molecule has 0 aliphatic heterocycles. The predicted octanol–water partition coefficient (Wildman–Crippen LogP) is 2.69. The topological polar surface area (TPSA) is 20.3 Å². The standard InChI is InChI=1S/C12H17NO/c1-9(2)12-7-11(13(3)4)6-5-10(12)8-14/h5-9H,1-4H3. The largest absolute Gasteiger partial charge is 0.378 e. The molecule has 2 nitrogen and oxygen atoms in total. The molecule has 2 heteroatoms. The zero-order chi connectivity index (χ0) is 10.7. The molecule has 0 radical (unpaired) electrons. The lowest BCUT2D eigenvalue weighted by Crippen LogP contribution is -2.09. The fraction of sp³-hybridized carbons (Fsp3) is 0.417. The molecule has 76 valence electrons. The molecule has 0 spiro atoms. The molecule has 0 aliphatic rings. The van der Waals surface area contributed by atoms with Crippen LogP contribution in [0.3, 0.4) is 0 Å². The number of nitrogens with zero attached hydrogens (tertiary/aromatic N) is 1. The molecule has 1 aromatic rings. The van der Waals surface area contributed by atoms with E-state index >= 15 is 0 Å². The fourth-order valence-electron chi connectivity index (χ4n) is 1.45. The highest BCUT2D eigenvalue weighted by Gasteiger charge is 2.07. The van der Waals surface area contributed by atoms with Crippen molar-refractivity contribution in [1.29, 1.82) is 0 Å². The van der Waals surface area contributed by atoms with Crippen LogP contribution in [0.15, 0.2) is 18.2 Å². The van der Waals surface area contributed by atoms with Crippen LogP contribution in [0, 0.1) is 0 Å². The van der Waals surface area contributed by atoms with Crippen LogP contribution in [0.2, 0.25) is 0 Å². The highest BCUT2D eigenvalue weighted by Crippen LogP contribution is 2.23. The van der Waals surface area contributed by atoms with Gasteiger partial charge in [-0.1, -0.05) is 13.8 Å². The van der Waals surface area contributed by atoms with E-state index < -0.39 is 0 Å². The van der Waals surface area contributed by atoms with E-state index in [9.17, 15) is 4.79 Å². The second kappa shape index (κ2) is 4.27. The molecule has 14 heavy (non-hydrogen) atoms. The van der Waals surface area contributed by atoms with Crippen LogP contribution >= 0.6 is 0 Å². The van der Waals surface area contributed by atoms with Gasteiger partial charge in [-0.3, -0.25) is 4.79 Å². The first-order chi connectivity index (χ1) is 6.56. The summed E-state index contributed by atoms with van der Waals surface area (Å²) in [6, 6.07) is 5.93. The summed E-state index contributed by atoms with van der Waals surface area (Å²) in [5.74, 6) is 0.384. The van der Waals surface area contributed by atoms with Crippen molar-refractivity contribution in [3.8, 4) is 0 Å². The van der Waals surface area contributed by atoms with Gasteiger partial charge in [0, 0.05) is 25.3 Å². The number of carbonyl (C=O) groups excluding carboxylic acids is 1. The monoisotopic (exact) mass is 191 g/mol. The van der Waals surface area contributed by atoms with Crippen molar-refractivity contribution >= 4 is 12.0 Å². The van der Waals surface area contributed by atoms with Gasteiger partial charge in [0.15, 0.2) is 0 Å². The van der Waals surface area contributed by atoms with Crippen molar-refractivity contribution in [1.82, 2.24) is 0 Å². The maximum absolute atomic E-state index is 10.8. The van der Waals surface area contributed by atoms with Gasteiger partial charge in [0.1, 0.15) is 6.29 Å². The van der Waals surface area contributed by atoms with E-state index in [4.69, 9.17) is 0 Å². The molecule has 1 aromatic carbocycles. The molecule has 0 bridgehead atoms. The number of rotatable bonds is 3. The summed E-state index contributed by atoms with van der Waals surface area (Å²) in [6.45, 7) is 4.20. The quantitative estimate of drug-likeness (QED) is 0.685. The van der Waals surface area contributed by atoms with Crippen molar-refractivity contribution in [2.75, 3.05) is 19.0 Å². The van der Waals surface area contributed by atoms with Gasteiger partial charge in [-0.05, 0) is 29.7 Å². The molecule has 0 N–H and O–H groups in total. The predicted molar refractivity (Wildman–Crippen MR) is 60.2 cm³/mol. The summed E-state index contributed by atoms with van der Waals surface area (Å²) in [4.78, 5) is 12.8. The zero-order valence-electron chi connectivity index (χ0n) is 9.24. The van der Waals surface area contributed by atoms with Crippen LogP contribution in [0.5, 0.6) is 0 Å². The molecule has 0 fully saturated rings. The Morgan fingerprint density at radius 1 is 1.29 bits per heavy atom. The number of aldehydes is 1. The summed E-state index contributed by atoms with van der Waals surface area (Å²) in [5, 5.41) is 0. The summed E-state index contributed by atoms with van der Waals surface area (Å²) >= 11 is 0. The highest BCUT2D eigenvalue weighted by atomic mass is 16.1. The molecule has 0 saturated carbocycles. The number of hydrogen-bond donors (Lipinski definition) is 0. The van der Waals surface area contributed by atoms with E-state index in [-0.39, 0.29) is 0 Å². The Balaban J connectivity index is 3.20. The molecular weight excluding hydrogens is 174 g/mol. The second-order valence-corrected chi connectivity index (χ2v) is 3.98. The molecular formula is C12H17NO. The average molecular weight is 191 g/mol. The molecule has 0 aliphatic carbocycles. The lowest BCUT2D eigenvalue weighted by atomic mass is 9.97. The minimum absolute atomic E-state index is 0.384. The number of anilines is 1. The lowest BCUT2D eigenvalue weighted by Gasteiger charge is -2.16. The summed E-state index contributed by atoms with van der Waals surface area (Å²) in [7, 11) is 4.00. The van der Waals surface area contributed by atoms with Gasteiger partial charge >= 0.3 is 0 Å². The molecule has 0 atom stereocenters. The van der Waals surface area contributed by atoms with Crippen LogP contribution in [0.25, 0.3) is 0 Å². The van der Waals surface area contributed by atoms with Gasteiger partial charge in [-0.2, -0.15) is 0 Å². The van der Waals surface area contributed by atoms with Crippen LogP contribution in [-0.2, 0) is 0 Å². The van der Waals surface area contributed by atoms with E-state index in [1.54, 1.807) is 0 Å². The third kappa shape index (κ3) is 2.13. The smallest absolute Gasteiger partial charge is 0.150 e. The van der Waals surface area contributed by atoms with Gasteiger partial charge < -0.3 is 4.90 Å². The summed E-state index contributed by atoms with van der Waals surface area (Å²) < 4.78 is 0. The Labute approximate surface area is 85.5 Å². The van der Waals surface area contributed by atoms with Gasteiger partial charge in [-0.15, -0.1) is 0 Å². The Kier molecular flexibility index (Phi) is 3.28. The molecule has 0 amide bonds. The summed E-state index contributed by atoms with van der Waals surface area (Å²) in [6.07, 6.45) is 0.925. The van der Waals surface area contributed by atoms with Crippen LogP contribution in [-0.4, -0.2) is 20.4 Å². The Bertz CT molecular complexity index is 329. The number of hydrogen-bond acceptors (Lipinski definition) is 2. The second-order valence-electron chi connectivity index (χ2n) is 3.98. The van der Waals surface area contributed by atoms with Crippen molar-refractivity contribution in [2.45, 2.75) is 19.8 Å². The molecule has 0 aromatic heterocycles. The van der Waals surface area contributed by atoms with E-state index in [0.717, 1.165) is 23.1 Å². The van der Waals surface area contributed by atoms with Crippen LogP contribution in [0.4, 0.5) is 5.69 Å². The number of benzene rings is 1. The van der Waals surface area contributed by atoms with Crippen molar-refractivity contribution in [2.24, 2.45) is 0 Å². The third-order valence-corrected chi connectivity index (χ3v) is 2.34. The van der Waals surface area contributed by atoms with Crippen molar-refractivity contribution < 1.29 is 4.79 Å². The van der Waals surface area contributed by atoms with Gasteiger partial charge in [0.05, 0.1) is 0 Å². The average Bonchev–Trinajstić information content (AvgIpc) is 2.16. The van der Waals surface area contributed by atoms with Crippen LogP contribution < -0.4 is 4.90 Å². The van der Waals surface area contributed by atoms with E-state index in [1.807, 2.05) is 31.1 Å².